The summed E-state index contributed by atoms with van der Waals surface area (Å²) in [6.45, 7) is 0. The highest BCUT2D eigenvalue weighted by Gasteiger charge is 2.30. The van der Waals surface area contributed by atoms with Gasteiger partial charge in [0.1, 0.15) is 0 Å². The van der Waals surface area contributed by atoms with Gasteiger partial charge in [0, 0.05) is 17.1 Å². The summed E-state index contributed by atoms with van der Waals surface area (Å²) < 4.78 is 65.9. The smallest absolute Gasteiger partial charge is 0.366 e. The Morgan fingerprint density at radius 1 is 1.04 bits per heavy atom. The van der Waals surface area contributed by atoms with Crippen molar-refractivity contribution in [2.75, 3.05) is 0 Å². The number of pyridine rings is 1. The molecule has 2 aromatic carbocycles. The Morgan fingerprint density at radius 3 is 2.24 bits per heavy atom. The standard InChI is InChI=1S/C17H9F5N2O/c18-13-6-11(8-1-3-10(4-2-8)17(20,21)22)15-12(14(13)19)5-9(7-24-15)16(23)25/h1-7H,(H2,23,25). The van der Waals surface area contributed by atoms with E-state index in [1.54, 1.807) is 0 Å². The molecular weight excluding hydrogens is 343 g/mol. The fourth-order valence-corrected chi connectivity index (χ4v) is 2.43. The largest absolute Gasteiger partial charge is 0.416 e. The molecule has 3 rings (SSSR count). The molecule has 0 radical (unpaired) electrons. The lowest BCUT2D eigenvalue weighted by atomic mass is 9.99. The van der Waals surface area contributed by atoms with Gasteiger partial charge < -0.3 is 5.73 Å². The number of alkyl halides is 3. The third-order valence-electron chi connectivity index (χ3n) is 3.67. The maximum Gasteiger partial charge on any atom is 0.416 e. The molecule has 0 saturated carbocycles. The Kier molecular flexibility index (Phi) is 3.90. The van der Waals surface area contributed by atoms with Gasteiger partial charge in [-0.3, -0.25) is 9.78 Å². The minimum Gasteiger partial charge on any atom is -0.366 e. The average molecular weight is 352 g/mol. The number of rotatable bonds is 2. The molecule has 0 spiro atoms. The molecule has 3 aromatic rings. The van der Waals surface area contributed by atoms with Crippen LogP contribution in [-0.2, 0) is 6.18 Å². The number of primary amides is 1. The predicted molar refractivity (Wildman–Crippen MR) is 80.6 cm³/mol. The number of benzene rings is 2. The van der Waals surface area contributed by atoms with Crippen LogP contribution in [0.5, 0.6) is 0 Å². The molecule has 3 nitrogen and oxygen atoms in total. The Labute approximate surface area is 137 Å². The molecule has 2 N–H and O–H groups in total. The minimum atomic E-state index is -4.51. The van der Waals surface area contributed by atoms with Gasteiger partial charge in [-0.1, -0.05) is 12.1 Å². The maximum absolute atomic E-state index is 14.0. The lowest BCUT2D eigenvalue weighted by molar-refractivity contribution is -0.137. The summed E-state index contributed by atoms with van der Waals surface area (Å²) in [4.78, 5) is 15.1. The number of nitrogens with two attached hydrogens (primary N) is 1. The molecule has 128 valence electrons. The number of hydrogen-bond donors (Lipinski definition) is 1. The van der Waals surface area contributed by atoms with Crippen molar-refractivity contribution >= 4 is 16.8 Å². The molecule has 0 fully saturated rings. The molecule has 0 aliphatic carbocycles. The molecule has 0 aliphatic rings. The molecule has 0 aliphatic heterocycles. The van der Waals surface area contributed by atoms with E-state index in [0.29, 0.717) is 0 Å². The van der Waals surface area contributed by atoms with Gasteiger partial charge in [-0.05, 0) is 29.8 Å². The van der Waals surface area contributed by atoms with E-state index in [0.717, 1.165) is 42.6 Å². The van der Waals surface area contributed by atoms with Gasteiger partial charge in [0.15, 0.2) is 11.6 Å². The van der Waals surface area contributed by atoms with Crippen LogP contribution < -0.4 is 5.73 Å². The maximum atomic E-state index is 14.0. The minimum absolute atomic E-state index is 0.00339. The van der Waals surface area contributed by atoms with Gasteiger partial charge in [-0.2, -0.15) is 13.2 Å². The number of carbonyl (C=O) groups excluding carboxylic acids is 1. The Morgan fingerprint density at radius 2 is 1.68 bits per heavy atom. The van der Waals surface area contributed by atoms with Crippen LogP contribution in [0.1, 0.15) is 15.9 Å². The van der Waals surface area contributed by atoms with Gasteiger partial charge in [-0.15, -0.1) is 0 Å². The first kappa shape index (κ1) is 16.8. The summed E-state index contributed by atoms with van der Waals surface area (Å²) in [5.41, 5.74) is 4.43. The van der Waals surface area contributed by atoms with E-state index in [1.807, 2.05) is 0 Å². The first-order valence-electron chi connectivity index (χ1n) is 6.93. The van der Waals surface area contributed by atoms with Crippen molar-refractivity contribution in [1.82, 2.24) is 4.98 Å². The van der Waals surface area contributed by atoms with Crippen LogP contribution in [0.25, 0.3) is 22.0 Å². The van der Waals surface area contributed by atoms with Crippen molar-refractivity contribution in [3.63, 3.8) is 0 Å². The fraction of sp³-hybridized carbons (Fsp3) is 0.0588. The van der Waals surface area contributed by atoms with Gasteiger partial charge in [0.25, 0.3) is 0 Å². The summed E-state index contributed by atoms with van der Waals surface area (Å²) in [5.74, 6) is -3.30. The van der Waals surface area contributed by atoms with Crippen LogP contribution in [0.2, 0.25) is 0 Å². The number of nitrogens with zero attached hydrogens (tertiary/aromatic N) is 1. The third kappa shape index (κ3) is 3.02. The van der Waals surface area contributed by atoms with Crippen LogP contribution in [0, 0.1) is 11.6 Å². The second-order valence-electron chi connectivity index (χ2n) is 5.28. The van der Waals surface area contributed by atoms with Crippen LogP contribution in [-0.4, -0.2) is 10.9 Å². The summed E-state index contributed by atoms with van der Waals surface area (Å²) in [5, 5.41) is -0.286. The highest BCUT2D eigenvalue weighted by Crippen LogP contribution is 2.34. The quantitative estimate of drug-likeness (QED) is 0.699. The van der Waals surface area contributed by atoms with E-state index in [1.165, 1.54) is 0 Å². The molecule has 0 bridgehead atoms. The van der Waals surface area contributed by atoms with Crippen LogP contribution in [0.4, 0.5) is 22.0 Å². The van der Waals surface area contributed by atoms with E-state index in [-0.39, 0.29) is 27.6 Å². The monoisotopic (exact) mass is 352 g/mol. The second-order valence-corrected chi connectivity index (χ2v) is 5.28. The predicted octanol–water partition coefficient (Wildman–Crippen LogP) is 4.30. The van der Waals surface area contributed by atoms with Crippen molar-refractivity contribution in [3.05, 3.63) is 65.4 Å². The summed E-state index contributed by atoms with van der Waals surface area (Å²) in [7, 11) is 0. The lowest BCUT2D eigenvalue weighted by Crippen LogP contribution is -2.11. The molecule has 8 heteroatoms. The fourth-order valence-electron chi connectivity index (χ4n) is 2.43. The molecule has 0 saturated heterocycles. The normalized spacial score (nSPS) is 11.7. The molecule has 1 amide bonds. The third-order valence-corrected chi connectivity index (χ3v) is 3.67. The van der Waals surface area contributed by atoms with Crippen molar-refractivity contribution < 1.29 is 26.7 Å². The van der Waals surface area contributed by atoms with E-state index >= 15 is 0 Å². The lowest BCUT2D eigenvalue weighted by Gasteiger charge is -2.11. The number of amides is 1. The zero-order chi connectivity index (χ0) is 18.4. The molecule has 1 aromatic heterocycles. The molecule has 1 heterocycles. The second kappa shape index (κ2) is 5.80. The molecule has 0 unspecified atom stereocenters. The van der Waals surface area contributed by atoms with Crippen molar-refractivity contribution in [2.24, 2.45) is 5.73 Å². The topological polar surface area (TPSA) is 56.0 Å². The van der Waals surface area contributed by atoms with Crippen molar-refractivity contribution in [3.8, 4) is 11.1 Å². The van der Waals surface area contributed by atoms with Gasteiger partial charge >= 0.3 is 6.18 Å². The van der Waals surface area contributed by atoms with Gasteiger partial charge in [-0.25, -0.2) is 8.78 Å². The number of fused-ring (bicyclic) bond motifs is 1. The zero-order valence-corrected chi connectivity index (χ0v) is 12.4. The average Bonchev–Trinajstić information content (AvgIpc) is 2.57. The summed E-state index contributed by atoms with van der Waals surface area (Å²) >= 11 is 0. The van der Waals surface area contributed by atoms with Gasteiger partial charge in [0.05, 0.1) is 16.6 Å². The number of halogens is 5. The van der Waals surface area contributed by atoms with Crippen molar-refractivity contribution in [2.45, 2.75) is 6.18 Å². The zero-order valence-electron chi connectivity index (χ0n) is 12.4. The number of carbonyl (C=O) groups is 1. The molecule has 0 atom stereocenters. The van der Waals surface area contributed by atoms with Crippen molar-refractivity contribution in [1.29, 1.82) is 0 Å². The highest BCUT2D eigenvalue weighted by atomic mass is 19.4. The number of hydrogen-bond acceptors (Lipinski definition) is 2. The van der Waals surface area contributed by atoms with E-state index in [4.69, 9.17) is 5.73 Å². The van der Waals surface area contributed by atoms with E-state index in [2.05, 4.69) is 4.98 Å². The Bertz CT molecular complexity index is 981. The first-order valence-corrected chi connectivity index (χ1v) is 6.93. The highest BCUT2D eigenvalue weighted by molar-refractivity contribution is 6.00. The molecular formula is C17H9F5N2O. The summed E-state index contributed by atoms with van der Waals surface area (Å²) in [6, 6.07) is 5.84. The molecule has 25 heavy (non-hydrogen) atoms. The van der Waals surface area contributed by atoms with Crippen LogP contribution >= 0.6 is 0 Å². The Balaban J connectivity index is 2.23. The van der Waals surface area contributed by atoms with E-state index in [9.17, 15) is 26.7 Å². The van der Waals surface area contributed by atoms with Crippen LogP contribution in [0.3, 0.4) is 0 Å². The first-order chi connectivity index (χ1) is 11.7. The van der Waals surface area contributed by atoms with Crippen LogP contribution in [0.15, 0.2) is 42.6 Å². The van der Waals surface area contributed by atoms with E-state index < -0.39 is 29.3 Å². The van der Waals surface area contributed by atoms with Gasteiger partial charge in [0.2, 0.25) is 5.91 Å². The number of aromatic nitrogens is 1. The summed E-state index contributed by atoms with van der Waals surface area (Å²) in [6.07, 6.45) is -3.42. The SMILES string of the molecule is NC(=O)c1cnc2c(-c3ccc(C(F)(F)F)cc3)cc(F)c(F)c2c1. The Hall–Kier alpha value is -3.03.